The lowest BCUT2D eigenvalue weighted by atomic mass is 10.0. The molecular weight excluding hydrogens is 382 g/mol. The Labute approximate surface area is 165 Å². The minimum Gasteiger partial charge on any atom is -0.493 e. The second-order valence-corrected chi connectivity index (χ2v) is 6.92. The summed E-state index contributed by atoms with van der Waals surface area (Å²) in [5.41, 5.74) is 1.55. The number of carbonyl (C=O) groups excluding carboxylic acids is 2. The van der Waals surface area contributed by atoms with Gasteiger partial charge in [0.15, 0.2) is 11.5 Å². The Morgan fingerprint density at radius 3 is 2.32 bits per heavy atom. The van der Waals surface area contributed by atoms with Gasteiger partial charge >= 0.3 is 5.97 Å². The van der Waals surface area contributed by atoms with E-state index in [9.17, 15) is 19.5 Å². The summed E-state index contributed by atoms with van der Waals surface area (Å²) in [4.78, 5) is 38.1. The predicted molar refractivity (Wildman–Crippen MR) is 106 cm³/mol. The fraction of sp³-hybridized carbons (Fsp3) is 0.150. The summed E-state index contributed by atoms with van der Waals surface area (Å²) in [6.45, 7) is 1.90. The highest BCUT2D eigenvalue weighted by Crippen LogP contribution is 2.39. The van der Waals surface area contributed by atoms with E-state index in [2.05, 4.69) is 0 Å². The molecule has 0 aromatic heterocycles. The lowest BCUT2D eigenvalue weighted by molar-refractivity contribution is -0.113. The molecule has 1 saturated heterocycles. The maximum atomic E-state index is 12.8. The number of carbonyl (C=O) groups is 3. The largest absolute Gasteiger partial charge is 0.493 e. The number of ether oxygens (including phenoxy) is 2. The van der Waals surface area contributed by atoms with Crippen LogP contribution in [-0.2, 0) is 4.79 Å². The second-order valence-electron chi connectivity index (χ2n) is 5.92. The van der Waals surface area contributed by atoms with Crippen molar-refractivity contribution in [3.63, 3.8) is 0 Å². The van der Waals surface area contributed by atoms with E-state index in [0.29, 0.717) is 5.69 Å². The first-order valence-corrected chi connectivity index (χ1v) is 9.02. The third kappa shape index (κ3) is 3.46. The number of anilines is 1. The summed E-state index contributed by atoms with van der Waals surface area (Å²) >= 11 is 0.753. The number of aromatic carboxylic acids is 1. The van der Waals surface area contributed by atoms with Gasteiger partial charge in [-0.2, -0.15) is 0 Å². The molecule has 3 rings (SSSR count). The highest BCUT2D eigenvalue weighted by molar-refractivity contribution is 8.19. The molecule has 7 nitrogen and oxygen atoms in total. The number of hydrogen-bond donors (Lipinski definition) is 1. The number of imide groups is 1. The number of carboxylic acids is 1. The van der Waals surface area contributed by atoms with Gasteiger partial charge in [0.1, 0.15) is 5.56 Å². The molecule has 0 bridgehead atoms. The van der Waals surface area contributed by atoms with Crippen LogP contribution in [0.25, 0.3) is 6.08 Å². The lowest BCUT2D eigenvalue weighted by Gasteiger charge is -2.13. The van der Waals surface area contributed by atoms with Crippen molar-refractivity contribution < 1.29 is 29.0 Å². The Hall–Kier alpha value is -3.26. The molecule has 2 amide bonds. The minimum absolute atomic E-state index is 0.0431. The Kier molecular flexibility index (Phi) is 5.41. The summed E-state index contributed by atoms with van der Waals surface area (Å²) in [5.74, 6) is -1.45. The van der Waals surface area contributed by atoms with Crippen molar-refractivity contribution in [1.82, 2.24) is 0 Å². The van der Waals surface area contributed by atoms with E-state index < -0.39 is 17.1 Å². The normalized spacial score (nSPS) is 15.2. The number of carboxylic acid groups (broad SMARTS) is 1. The van der Waals surface area contributed by atoms with Gasteiger partial charge in [0.25, 0.3) is 11.1 Å². The van der Waals surface area contributed by atoms with Gasteiger partial charge in [0, 0.05) is 0 Å². The van der Waals surface area contributed by atoms with Crippen LogP contribution in [0.5, 0.6) is 11.5 Å². The van der Waals surface area contributed by atoms with Crippen molar-refractivity contribution in [2.75, 3.05) is 19.1 Å². The predicted octanol–water partition coefficient (Wildman–Crippen LogP) is 3.95. The summed E-state index contributed by atoms with van der Waals surface area (Å²) in [7, 11) is 2.73. The van der Waals surface area contributed by atoms with E-state index in [1.165, 1.54) is 26.4 Å². The van der Waals surface area contributed by atoms with E-state index in [-0.39, 0.29) is 27.5 Å². The number of benzene rings is 2. The molecule has 1 N–H and O–H groups in total. The molecule has 28 heavy (non-hydrogen) atoms. The fourth-order valence-corrected chi connectivity index (χ4v) is 3.64. The molecule has 1 heterocycles. The van der Waals surface area contributed by atoms with Crippen LogP contribution >= 0.6 is 11.8 Å². The summed E-state index contributed by atoms with van der Waals surface area (Å²) in [6.07, 6.45) is 1.38. The Bertz CT molecular complexity index is 997. The highest BCUT2D eigenvalue weighted by Gasteiger charge is 2.36. The average molecular weight is 399 g/mol. The number of nitrogens with zero attached hydrogens (tertiary/aromatic N) is 1. The van der Waals surface area contributed by atoms with E-state index >= 15 is 0 Å². The van der Waals surface area contributed by atoms with Crippen LogP contribution < -0.4 is 14.4 Å². The van der Waals surface area contributed by atoms with Crippen LogP contribution in [0.2, 0.25) is 0 Å². The monoisotopic (exact) mass is 399 g/mol. The molecule has 0 aliphatic carbocycles. The number of amides is 2. The molecule has 0 atom stereocenters. The van der Waals surface area contributed by atoms with Crippen molar-refractivity contribution in [3.8, 4) is 11.5 Å². The van der Waals surface area contributed by atoms with Crippen molar-refractivity contribution in [2.45, 2.75) is 6.92 Å². The van der Waals surface area contributed by atoms with Gasteiger partial charge in [0.05, 0.1) is 24.8 Å². The molecule has 1 aliphatic rings. The van der Waals surface area contributed by atoms with Gasteiger partial charge in [-0.05, 0) is 48.5 Å². The number of rotatable bonds is 5. The Morgan fingerprint density at radius 1 is 1.07 bits per heavy atom. The molecule has 8 heteroatoms. The number of thioether (sulfide) groups is 1. The zero-order valence-electron chi connectivity index (χ0n) is 15.4. The van der Waals surface area contributed by atoms with Crippen LogP contribution in [-0.4, -0.2) is 36.4 Å². The van der Waals surface area contributed by atoms with E-state index in [4.69, 9.17) is 9.47 Å². The molecule has 1 fully saturated rings. The maximum Gasteiger partial charge on any atom is 0.340 e. The van der Waals surface area contributed by atoms with Crippen LogP contribution in [0.3, 0.4) is 0 Å². The fourth-order valence-electron chi connectivity index (χ4n) is 2.81. The summed E-state index contributed by atoms with van der Waals surface area (Å²) in [6, 6.07) is 10.0. The molecule has 0 spiro atoms. The van der Waals surface area contributed by atoms with E-state index in [1.807, 2.05) is 6.92 Å². The van der Waals surface area contributed by atoms with Crippen LogP contribution in [0.1, 0.15) is 21.5 Å². The average Bonchev–Trinajstić information content (AvgIpc) is 2.95. The number of aryl methyl sites for hydroxylation is 1. The lowest BCUT2D eigenvalue weighted by Crippen LogP contribution is -2.27. The first-order chi connectivity index (χ1) is 13.4. The van der Waals surface area contributed by atoms with Crippen LogP contribution in [0.4, 0.5) is 10.5 Å². The Balaban J connectivity index is 2.05. The highest BCUT2D eigenvalue weighted by atomic mass is 32.2. The smallest absolute Gasteiger partial charge is 0.340 e. The van der Waals surface area contributed by atoms with Gasteiger partial charge in [-0.15, -0.1) is 0 Å². The Morgan fingerprint density at radius 2 is 1.75 bits per heavy atom. The zero-order chi connectivity index (χ0) is 20.4. The molecule has 0 radical (unpaired) electrons. The van der Waals surface area contributed by atoms with Crippen molar-refractivity contribution in [2.24, 2.45) is 0 Å². The molecular formula is C20H17NO6S. The van der Waals surface area contributed by atoms with Gasteiger partial charge in [-0.3, -0.25) is 9.59 Å². The van der Waals surface area contributed by atoms with Crippen molar-refractivity contribution >= 4 is 40.6 Å². The molecule has 144 valence electrons. The van der Waals surface area contributed by atoms with Gasteiger partial charge in [0.2, 0.25) is 0 Å². The number of methoxy groups -OCH3 is 2. The molecule has 1 aliphatic heterocycles. The van der Waals surface area contributed by atoms with E-state index in [1.54, 1.807) is 30.3 Å². The van der Waals surface area contributed by atoms with Crippen molar-refractivity contribution in [3.05, 3.63) is 58.0 Å². The molecule has 0 saturated carbocycles. The zero-order valence-corrected chi connectivity index (χ0v) is 16.2. The summed E-state index contributed by atoms with van der Waals surface area (Å²) < 4.78 is 10.3. The second kappa shape index (κ2) is 7.77. The first kappa shape index (κ1) is 19.5. The first-order valence-electron chi connectivity index (χ1n) is 8.20. The standard InChI is InChI=1S/C20H17NO6S/c1-11-4-7-13(8-5-11)21-18(22)15(28-20(21)25)10-12-6-9-14(26-2)17(27-3)16(12)19(23)24/h4-10H,1-3H3,(H,23,24)/b15-10+. The third-order valence-electron chi connectivity index (χ3n) is 4.16. The topological polar surface area (TPSA) is 93.1 Å². The van der Waals surface area contributed by atoms with Crippen LogP contribution in [0.15, 0.2) is 41.3 Å². The van der Waals surface area contributed by atoms with Crippen LogP contribution in [0, 0.1) is 6.92 Å². The molecule has 2 aromatic rings. The van der Waals surface area contributed by atoms with Gasteiger partial charge in [-0.1, -0.05) is 23.8 Å². The SMILES string of the molecule is COc1ccc(/C=C2/SC(=O)N(c3ccc(C)cc3)C2=O)c(C(=O)O)c1OC. The van der Waals surface area contributed by atoms with E-state index in [0.717, 1.165) is 22.2 Å². The quantitative estimate of drug-likeness (QED) is 0.761. The molecule has 0 unspecified atom stereocenters. The van der Waals surface area contributed by atoms with Gasteiger partial charge < -0.3 is 14.6 Å². The molecule has 2 aromatic carbocycles. The summed E-state index contributed by atoms with van der Waals surface area (Å²) in [5, 5.41) is 9.16. The van der Waals surface area contributed by atoms with Gasteiger partial charge in [-0.25, -0.2) is 9.69 Å². The van der Waals surface area contributed by atoms with Crippen molar-refractivity contribution in [1.29, 1.82) is 0 Å². The number of hydrogen-bond acceptors (Lipinski definition) is 6. The maximum absolute atomic E-state index is 12.8. The minimum atomic E-state index is -1.24. The third-order valence-corrected chi connectivity index (χ3v) is 5.03.